The molecular weight excluding hydrogens is 272 g/mol. The molecule has 5 heteroatoms. The normalized spacial score (nSPS) is 13.7. The fourth-order valence-electron chi connectivity index (χ4n) is 2.28. The summed E-state index contributed by atoms with van der Waals surface area (Å²) >= 11 is 0. The molecule has 0 radical (unpaired) electrons. The summed E-state index contributed by atoms with van der Waals surface area (Å²) in [6.07, 6.45) is 0.808. The van der Waals surface area contributed by atoms with Crippen molar-refractivity contribution in [1.82, 2.24) is 9.62 Å². The van der Waals surface area contributed by atoms with Crippen molar-refractivity contribution in [2.45, 2.75) is 51.6 Å². The lowest BCUT2D eigenvalue weighted by Crippen LogP contribution is -2.38. The molecule has 0 aliphatic heterocycles. The van der Waals surface area contributed by atoms with E-state index in [4.69, 9.17) is 0 Å². The first-order chi connectivity index (χ1) is 9.38. The van der Waals surface area contributed by atoms with Gasteiger partial charge >= 0.3 is 0 Å². The summed E-state index contributed by atoms with van der Waals surface area (Å²) in [7, 11) is -1.58. The van der Waals surface area contributed by atoms with Gasteiger partial charge in [-0.3, -0.25) is 0 Å². The Labute approximate surface area is 123 Å². The number of sulfonamides is 1. The quantitative estimate of drug-likeness (QED) is 0.841. The lowest BCUT2D eigenvalue weighted by atomic mass is 10.1. The van der Waals surface area contributed by atoms with Crippen LogP contribution in [0, 0.1) is 6.92 Å². The number of hydrogen-bond acceptors (Lipinski definition) is 3. The van der Waals surface area contributed by atoms with Crippen molar-refractivity contribution in [2.75, 3.05) is 13.6 Å². The zero-order chi connectivity index (χ0) is 15.3. The van der Waals surface area contributed by atoms with Gasteiger partial charge in [-0.15, -0.1) is 0 Å². The van der Waals surface area contributed by atoms with Gasteiger partial charge in [-0.1, -0.05) is 26.0 Å². The monoisotopic (exact) mass is 298 g/mol. The highest BCUT2D eigenvalue weighted by Crippen LogP contribution is 2.23. The summed E-state index contributed by atoms with van der Waals surface area (Å²) in [5.41, 5.74) is 1.78. The Kier molecular flexibility index (Phi) is 6.17. The van der Waals surface area contributed by atoms with Gasteiger partial charge in [0.1, 0.15) is 0 Å². The summed E-state index contributed by atoms with van der Waals surface area (Å²) in [5.74, 6) is 0. The Morgan fingerprint density at radius 2 is 1.95 bits per heavy atom. The molecule has 0 saturated carbocycles. The third-order valence-corrected chi connectivity index (χ3v) is 5.85. The summed E-state index contributed by atoms with van der Waals surface area (Å²) in [5, 5.41) is 3.05. The zero-order valence-corrected chi connectivity index (χ0v) is 13.9. The van der Waals surface area contributed by atoms with E-state index in [2.05, 4.69) is 5.32 Å². The number of nitrogens with one attached hydrogen (secondary N) is 1. The highest BCUT2D eigenvalue weighted by Gasteiger charge is 2.28. The Morgan fingerprint density at radius 3 is 2.45 bits per heavy atom. The van der Waals surface area contributed by atoms with Gasteiger partial charge in [0, 0.05) is 19.1 Å². The number of rotatable bonds is 7. The molecule has 0 aliphatic rings. The van der Waals surface area contributed by atoms with Crippen LogP contribution < -0.4 is 5.32 Å². The smallest absolute Gasteiger partial charge is 0.243 e. The molecule has 0 spiro atoms. The topological polar surface area (TPSA) is 49.4 Å². The molecule has 0 bridgehead atoms. The fraction of sp³-hybridized carbons (Fsp3) is 0.600. The van der Waals surface area contributed by atoms with Crippen LogP contribution in [-0.4, -0.2) is 32.4 Å². The molecule has 4 nitrogen and oxygen atoms in total. The van der Waals surface area contributed by atoms with E-state index in [1.54, 1.807) is 10.4 Å². The van der Waals surface area contributed by atoms with Crippen molar-refractivity contribution >= 4 is 10.0 Å². The SMILES string of the molecule is CCC(C)N(CC)S(=O)(=O)c1cc(CNC)ccc1C. The molecule has 1 aromatic rings. The summed E-state index contributed by atoms with van der Waals surface area (Å²) in [6, 6.07) is 5.64. The number of benzene rings is 1. The predicted molar refractivity (Wildman–Crippen MR) is 83.3 cm³/mol. The van der Waals surface area contributed by atoms with Crippen LogP contribution >= 0.6 is 0 Å². The second-order valence-electron chi connectivity index (χ2n) is 5.10. The third kappa shape index (κ3) is 3.59. The minimum absolute atomic E-state index is 0.0114. The van der Waals surface area contributed by atoms with E-state index >= 15 is 0 Å². The van der Waals surface area contributed by atoms with Gasteiger partial charge in [0.15, 0.2) is 0 Å². The molecule has 20 heavy (non-hydrogen) atoms. The van der Waals surface area contributed by atoms with Crippen molar-refractivity contribution in [3.63, 3.8) is 0 Å². The van der Waals surface area contributed by atoms with E-state index in [9.17, 15) is 8.42 Å². The molecule has 114 valence electrons. The van der Waals surface area contributed by atoms with E-state index in [-0.39, 0.29) is 6.04 Å². The van der Waals surface area contributed by atoms with Crippen LogP contribution in [0.5, 0.6) is 0 Å². The molecule has 0 amide bonds. The second-order valence-corrected chi connectivity index (χ2v) is 6.95. The van der Waals surface area contributed by atoms with Crippen molar-refractivity contribution in [3.05, 3.63) is 29.3 Å². The first kappa shape index (κ1) is 17.1. The van der Waals surface area contributed by atoms with Gasteiger partial charge in [0.2, 0.25) is 10.0 Å². The minimum Gasteiger partial charge on any atom is -0.316 e. The summed E-state index contributed by atoms with van der Waals surface area (Å²) < 4.78 is 27.3. The van der Waals surface area contributed by atoms with E-state index in [1.807, 2.05) is 46.9 Å². The fourth-order valence-corrected chi connectivity index (χ4v) is 4.28. The largest absolute Gasteiger partial charge is 0.316 e. The molecule has 1 atom stereocenters. The van der Waals surface area contributed by atoms with Gasteiger partial charge < -0.3 is 5.32 Å². The molecule has 0 saturated heterocycles. The second kappa shape index (κ2) is 7.20. The van der Waals surface area contributed by atoms with E-state index in [0.29, 0.717) is 18.0 Å². The Hall–Kier alpha value is -0.910. The average molecular weight is 298 g/mol. The third-order valence-electron chi connectivity index (χ3n) is 3.61. The average Bonchev–Trinajstić information content (AvgIpc) is 2.41. The van der Waals surface area contributed by atoms with Crippen LogP contribution in [0.25, 0.3) is 0 Å². The summed E-state index contributed by atoms with van der Waals surface area (Å²) in [6.45, 7) is 8.85. The molecule has 1 rings (SSSR count). The van der Waals surface area contributed by atoms with E-state index in [1.165, 1.54) is 0 Å². The van der Waals surface area contributed by atoms with Gasteiger partial charge in [-0.05, 0) is 44.5 Å². The zero-order valence-electron chi connectivity index (χ0n) is 13.1. The molecular formula is C15H26N2O2S. The Morgan fingerprint density at radius 1 is 1.30 bits per heavy atom. The molecule has 0 heterocycles. The Balaban J connectivity index is 3.29. The van der Waals surface area contributed by atoms with Crippen molar-refractivity contribution in [1.29, 1.82) is 0 Å². The number of aryl methyl sites for hydroxylation is 1. The van der Waals surface area contributed by atoms with E-state index < -0.39 is 10.0 Å². The van der Waals surface area contributed by atoms with Gasteiger partial charge in [0.25, 0.3) is 0 Å². The van der Waals surface area contributed by atoms with Crippen LogP contribution in [0.3, 0.4) is 0 Å². The van der Waals surface area contributed by atoms with Crippen molar-refractivity contribution in [2.24, 2.45) is 0 Å². The van der Waals surface area contributed by atoms with Crippen molar-refractivity contribution in [3.8, 4) is 0 Å². The highest BCUT2D eigenvalue weighted by atomic mass is 32.2. The van der Waals surface area contributed by atoms with Crippen LogP contribution in [0.1, 0.15) is 38.3 Å². The highest BCUT2D eigenvalue weighted by molar-refractivity contribution is 7.89. The lowest BCUT2D eigenvalue weighted by Gasteiger charge is -2.27. The molecule has 1 unspecified atom stereocenters. The molecule has 1 N–H and O–H groups in total. The minimum atomic E-state index is -3.43. The maximum atomic E-state index is 12.8. The maximum Gasteiger partial charge on any atom is 0.243 e. The lowest BCUT2D eigenvalue weighted by molar-refractivity contribution is 0.342. The van der Waals surface area contributed by atoms with Crippen LogP contribution in [0.15, 0.2) is 23.1 Å². The number of nitrogens with zero attached hydrogens (tertiary/aromatic N) is 1. The van der Waals surface area contributed by atoms with Gasteiger partial charge in [0.05, 0.1) is 4.90 Å². The molecule has 1 aromatic carbocycles. The number of hydrogen-bond donors (Lipinski definition) is 1. The van der Waals surface area contributed by atoms with Crippen molar-refractivity contribution < 1.29 is 8.42 Å². The maximum absolute atomic E-state index is 12.8. The van der Waals surface area contributed by atoms with Crippen LogP contribution in [0.4, 0.5) is 0 Å². The van der Waals surface area contributed by atoms with Gasteiger partial charge in [-0.25, -0.2) is 8.42 Å². The first-order valence-corrected chi connectivity index (χ1v) is 8.58. The molecule has 0 aromatic heterocycles. The van der Waals surface area contributed by atoms with Crippen LogP contribution in [-0.2, 0) is 16.6 Å². The standard InChI is InChI=1S/C15H26N2O2S/c1-6-13(4)17(7-2)20(18,19)15-10-14(11-16-5)9-8-12(15)3/h8-10,13,16H,6-7,11H2,1-5H3. The Bertz CT molecular complexity index is 541. The predicted octanol–water partition coefficient (Wildman–Crippen LogP) is 2.52. The van der Waals surface area contributed by atoms with E-state index in [0.717, 1.165) is 17.5 Å². The molecule has 0 aliphatic carbocycles. The summed E-state index contributed by atoms with van der Waals surface area (Å²) in [4.78, 5) is 0.424. The first-order valence-electron chi connectivity index (χ1n) is 7.14. The van der Waals surface area contributed by atoms with Gasteiger partial charge in [-0.2, -0.15) is 4.31 Å². The molecule has 0 fully saturated rings. The van der Waals surface area contributed by atoms with Crippen LogP contribution in [0.2, 0.25) is 0 Å².